The van der Waals surface area contributed by atoms with Crippen LogP contribution in [0.2, 0.25) is 0 Å². The van der Waals surface area contributed by atoms with Gasteiger partial charge in [-0.05, 0) is 18.2 Å². The van der Waals surface area contributed by atoms with Crippen molar-refractivity contribution >= 4 is 11.0 Å². The van der Waals surface area contributed by atoms with Crippen molar-refractivity contribution in [1.29, 1.82) is 0 Å². The molecule has 0 spiro atoms. The lowest BCUT2D eigenvalue weighted by Crippen LogP contribution is -2.55. The van der Waals surface area contributed by atoms with Gasteiger partial charge in [-0.1, -0.05) is 0 Å². The molecule has 1 aromatic heterocycles. The van der Waals surface area contributed by atoms with Gasteiger partial charge in [0.2, 0.25) is 0 Å². The second-order valence-corrected chi connectivity index (χ2v) is 7.64. The highest BCUT2D eigenvalue weighted by Gasteiger charge is 2.46. The Kier molecular flexibility index (Phi) is 5.91. The minimum atomic E-state index is -1.78. The highest BCUT2D eigenvalue weighted by molar-refractivity contribution is 5.88. The number of benzene rings is 2. The number of aliphatic hydroxyl groups is 4. The van der Waals surface area contributed by atoms with Crippen LogP contribution in [0.3, 0.4) is 0 Å². The number of rotatable bonds is 4. The SMILES string of the molecule is COc1cc(-c2cc(=O)c3c(O)c([C@@H]4O[C@H](CO)[C@@H](O)[C@H](O)[C@H]4O)c(O)cc3o2)ccc1O. The first kappa shape index (κ1) is 22.8. The van der Waals surface area contributed by atoms with E-state index in [1.165, 1.54) is 25.3 Å². The Hall–Kier alpha value is -3.35. The molecule has 0 saturated carbocycles. The molecular formula is C22H22O11. The van der Waals surface area contributed by atoms with Gasteiger partial charge >= 0.3 is 0 Å². The maximum atomic E-state index is 12.9. The largest absolute Gasteiger partial charge is 0.507 e. The Labute approximate surface area is 185 Å². The monoisotopic (exact) mass is 462 g/mol. The minimum absolute atomic E-state index is 0.0604. The molecule has 176 valence electrons. The first-order chi connectivity index (χ1) is 15.7. The normalized spacial score (nSPS) is 25.3. The Balaban J connectivity index is 1.85. The number of hydrogen-bond acceptors (Lipinski definition) is 11. The van der Waals surface area contributed by atoms with Gasteiger partial charge in [-0.15, -0.1) is 0 Å². The van der Waals surface area contributed by atoms with Crippen molar-refractivity contribution < 1.29 is 49.6 Å². The van der Waals surface area contributed by atoms with Crippen LogP contribution in [0.15, 0.2) is 39.5 Å². The van der Waals surface area contributed by atoms with Gasteiger partial charge in [0.25, 0.3) is 0 Å². The van der Waals surface area contributed by atoms with Crippen molar-refractivity contribution in [3.63, 3.8) is 0 Å². The number of ether oxygens (including phenoxy) is 2. The van der Waals surface area contributed by atoms with Crippen molar-refractivity contribution in [1.82, 2.24) is 0 Å². The van der Waals surface area contributed by atoms with E-state index in [4.69, 9.17) is 13.9 Å². The second-order valence-electron chi connectivity index (χ2n) is 7.64. The van der Waals surface area contributed by atoms with Crippen molar-refractivity contribution in [3.05, 3.63) is 46.1 Å². The van der Waals surface area contributed by atoms with E-state index in [0.717, 1.165) is 12.1 Å². The maximum Gasteiger partial charge on any atom is 0.197 e. The Morgan fingerprint density at radius 2 is 1.70 bits per heavy atom. The molecule has 1 saturated heterocycles. The number of hydrogen-bond donors (Lipinski definition) is 7. The van der Waals surface area contributed by atoms with Crippen LogP contribution < -0.4 is 10.2 Å². The number of aromatic hydroxyl groups is 3. The summed E-state index contributed by atoms with van der Waals surface area (Å²) in [5, 5.41) is 70.6. The number of phenolic OH excluding ortho intramolecular Hbond substituents is 3. The van der Waals surface area contributed by atoms with Crippen LogP contribution in [-0.2, 0) is 4.74 Å². The van der Waals surface area contributed by atoms with E-state index < -0.39 is 59.6 Å². The van der Waals surface area contributed by atoms with Gasteiger partial charge in [-0.3, -0.25) is 4.79 Å². The van der Waals surface area contributed by atoms with E-state index in [0.29, 0.717) is 5.56 Å². The number of aliphatic hydroxyl groups excluding tert-OH is 4. The number of phenols is 3. The van der Waals surface area contributed by atoms with E-state index in [1.807, 2.05) is 0 Å². The average Bonchev–Trinajstić information content (AvgIpc) is 2.78. The molecule has 1 fully saturated rings. The first-order valence-electron chi connectivity index (χ1n) is 9.88. The highest BCUT2D eigenvalue weighted by atomic mass is 16.5. The van der Waals surface area contributed by atoms with Crippen LogP contribution >= 0.6 is 0 Å². The molecule has 0 radical (unpaired) electrons. The van der Waals surface area contributed by atoms with Gasteiger partial charge in [-0.25, -0.2) is 0 Å². The second kappa shape index (κ2) is 8.54. The lowest BCUT2D eigenvalue weighted by molar-refractivity contribution is -0.232. The van der Waals surface area contributed by atoms with E-state index in [-0.39, 0.29) is 28.2 Å². The average molecular weight is 462 g/mol. The summed E-state index contributed by atoms with van der Waals surface area (Å²) in [5.41, 5.74) is -0.916. The fourth-order valence-corrected chi connectivity index (χ4v) is 3.90. The molecule has 0 unspecified atom stereocenters. The third-order valence-corrected chi connectivity index (χ3v) is 5.65. The zero-order valence-electron chi connectivity index (χ0n) is 17.2. The quantitative estimate of drug-likeness (QED) is 0.278. The molecular weight excluding hydrogens is 440 g/mol. The summed E-state index contributed by atoms with van der Waals surface area (Å²) in [6.07, 6.45) is -8.02. The number of fused-ring (bicyclic) bond motifs is 1. The van der Waals surface area contributed by atoms with Gasteiger partial charge < -0.3 is 49.6 Å². The van der Waals surface area contributed by atoms with E-state index in [9.17, 15) is 40.5 Å². The lowest BCUT2D eigenvalue weighted by atomic mass is 9.89. The van der Waals surface area contributed by atoms with Crippen molar-refractivity contribution in [3.8, 4) is 34.3 Å². The van der Waals surface area contributed by atoms with Crippen molar-refractivity contribution in [2.45, 2.75) is 30.5 Å². The number of methoxy groups -OCH3 is 1. The van der Waals surface area contributed by atoms with E-state index in [1.54, 1.807) is 0 Å². The predicted octanol–water partition coefficient (Wildman–Crippen LogP) is 0.100. The topological polar surface area (TPSA) is 190 Å². The molecule has 0 bridgehead atoms. The molecule has 3 aromatic rings. The van der Waals surface area contributed by atoms with Gasteiger partial charge in [0.15, 0.2) is 16.9 Å². The zero-order chi connectivity index (χ0) is 24.0. The summed E-state index contributed by atoms with van der Waals surface area (Å²) in [7, 11) is 1.35. The van der Waals surface area contributed by atoms with Gasteiger partial charge in [0, 0.05) is 17.7 Å². The van der Waals surface area contributed by atoms with Gasteiger partial charge in [-0.2, -0.15) is 0 Å². The lowest BCUT2D eigenvalue weighted by Gasteiger charge is -2.40. The van der Waals surface area contributed by atoms with Crippen molar-refractivity contribution in [2.24, 2.45) is 0 Å². The maximum absolute atomic E-state index is 12.9. The molecule has 11 heteroatoms. The molecule has 7 N–H and O–H groups in total. The fourth-order valence-electron chi connectivity index (χ4n) is 3.90. The minimum Gasteiger partial charge on any atom is -0.507 e. The molecule has 0 aliphatic carbocycles. The molecule has 1 aliphatic rings. The third kappa shape index (κ3) is 3.75. The summed E-state index contributed by atoms with van der Waals surface area (Å²) < 4.78 is 16.1. The first-order valence-corrected chi connectivity index (χ1v) is 9.88. The summed E-state index contributed by atoms with van der Waals surface area (Å²) in [5.74, 6) is -1.29. The van der Waals surface area contributed by atoms with Crippen LogP contribution in [-0.4, -0.2) is 73.9 Å². The molecule has 2 heterocycles. The Morgan fingerprint density at radius 1 is 0.970 bits per heavy atom. The molecule has 4 rings (SSSR count). The van der Waals surface area contributed by atoms with E-state index >= 15 is 0 Å². The van der Waals surface area contributed by atoms with Crippen LogP contribution in [0, 0.1) is 0 Å². The highest BCUT2D eigenvalue weighted by Crippen LogP contribution is 2.44. The zero-order valence-corrected chi connectivity index (χ0v) is 17.2. The van der Waals surface area contributed by atoms with Crippen LogP contribution in [0.5, 0.6) is 23.0 Å². The van der Waals surface area contributed by atoms with Crippen molar-refractivity contribution in [2.75, 3.05) is 13.7 Å². The van der Waals surface area contributed by atoms with E-state index in [2.05, 4.69) is 0 Å². The third-order valence-electron chi connectivity index (χ3n) is 5.65. The van der Waals surface area contributed by atoms with Gasteiger partial charge in [0.1, 0.15) is 58.7 Å². The smallest absolute Gasteiger partial charge is 0.197 e. The fraction of sp³-hybridized carbons (Fsp3) is 0.318. The van der Waals surface area contributed by atoms with Crippen LogP contribution in [0.1, 0.15) is 11.7 Å². The Bertz CT molecular complexity index is 1250. The van der Waals surface area contributed by atoms with Crippen LogP contribution in [0.25, 0.3) is 22.3 Å². The van der Waals surface area contributed by atoms with Crippen LogP contribution in [0.4, 0.5) is 0 Å². The molecule has 2 aromatic carbocycles. The Morgan fingerprint density at radius 3 is 2.36 bits per heavy atom. The predicted molar refractivity (Wildman–Crippen MR) is 112 cm³/mol. The summed E-state index contributed by atoms with van der Waals surface area (Å²) in [6, 6.07) is 6.37. The summed E-state index contributed by atoms with van der Waals surface area (Å²) in [4.78, 5) is 12.9. The molecule has 5 atom stereocenters. The standard InChI is InChI=1S/C22H22O11/c1-31-13-4-8(2-3-9(13)24)12-5-10(25)16-14(32-12)6-11(26)17(19(16)28)22-21(30)20(29)18(27)15(7-23)33-22/h2-6,15,18,20-24,26-30H,7H2,1H3/t15-,18-,20+,21-,22+/m1/s1. The van der Waals surface area contributed by atoms with Gasteiger partial charge in [0.05, 0.1) is 19.3 Å². The summed E-state index contributed by atoms with van der Waals surface area (Å²) in [6.45, 7) is -0.710. The molecule has 1 aliphatic heterocycles. The summed E-state index contributed by atoms with van der Waals surface area (Å²) >= 11 is 0. The molecule has 11 nitrogen and oxygen atoms in total. The molecule has 33 heavy (non-hydrogen) atoms. The molecule has 0 amide bonds.